The van der Waals surface area contributed by atoms with E-state index in [0.717, 1.165) is 25.1 Å². The van der Waals surface area contributed by atoms with Crippen LogP contribution in [0.2, 0.25) is 0 Å². The van der Waals surface area contributed by atoms with Crippen LogP contribution in [0, 0.1) is 0 Å². The number of aryl methyl sites for hydroxylation is 1. The van der Waals surface area contributed by atoms with Crippen LogP contribution in [0.5, 0.6) is 0 Å². The fourth-order valence-electron chi connectivity index (χ4n) is 2.11. The predicted octanol–water partition coefficient (Wildman–Crippen LogP) is 2.23. The van der Waals surface area contributed by atoms with E-state index in [9.17, 15) is 0 Å². The van der Waals surface area contributed by atoms with Crippen molar-refractivity contribution in [1.29, 1.82) is 0 Å². The number of thiocarbonyl (C=S) groups is 1. The highest BCUT2D eigenvalue weighted by atomic mass is 32.1. The van der Waals surface area contributed by atoms with Crippen LogP contribution in [0.4, 0.5) is 0 Å². The van der Waals surface area contributed by atoms with Crippen LogP contribution in [-0.2, 0) is 6.54 Å². The quantitative estimate of drug-likeness (QED) is 0.838. The fraction of sp³-hybridized carbons (Fsp3) is 0.357. The topological polar surface area (TPSA) is 34.2 Å². The van der Waals surface area contributed by atoms with Crippen molar-refractivity contribution in [2.45, 2.75) is 13.0 Å². The van der Waals surface area contributed by atoms with Crippen molar-refractivity contribution in [3.63, 3.8) is 0 Å². The van der Waals surface area contributed by atoms with E-state index in [1.807, 2.05) is 6.07 Å². The summed E-state index contributed by atoms with van der Waals surface area (Å²) in [7, 11) is 4.20. The van der Waals surface area contributed by atoms with Crippen LogP contribution in [0.25, 0.3) is 10.9 Å². The summed E-state index contributed by atoms with van der Waals surface area (Å²) in [4.78, 5) is 2.66. The van der Waals surface area contributed by atoms with Crippen molar-refractivity contribution in [3.05, 3.63) is 36.0 Å². The monoisotopic (exact) mass is 261 g/mol. The second-order valence-electron chi connectivity index (χ2n) is 4.80. The van der Waals surface area contributed by atoms with Crippen LogP contribution < -0.4 is 5.73 Å². The van der Waals surface area contributed by atoms with Gasteiger partial charge in [-0.1, -0.05) is 12.2 Å². The summed E-state index contributed by atoms with van der Waals surface area (Å²) in [5.41, 5.74) is 7.82. The fourth-order valence-corrected chi connectivity index (χ4v) is 2.23. The molecule has 0 bridgehead atoms. The second kappa shape index (κ2) is 5.50. The molecule has 1 aromatic heterocycles. The normalized spacial score (nSPS) is 11.3. The molecule has 0 fully saturated rings. The number of aromatic nitrogens is 1. The van der Waals surface area contributed by atoms with Crippen molar-refractivity contribution in [1.82, 2.24) is 9.47 Å². The molecule has 2 rings (SSSR count). The molecule has 0 radical (unpaired) electrons. The first-order chi connectivity index (χ1) is 8.58. The number of benzene rings is 1. The number of hydrogen-bond donors (Lipinski definition) is 1. The molecule has 1 heterocycles. The summed E-state index contributed by atoms with van der Waals surface area (Å²) in [6.07, 6.45) is 3.28. The maximum absolute atomic E-state index is 5.64. The average Bonchev–Trinajstić information content (AvgIpc) is 2.71. The molecule has 0 unspecified atom stereocenters. The molecule has 0 aliphatic heterocycles. The van der Waals surface area contributed by atoms with Gasteiger partial charge < -0.3 is 15.2 Å². The summed E-state index contributed by atoms with van der Waals surface area (Å²) in [5.74, 6) is 0. The molecule has 3 nitrogen and oxygen atoms in total. The maximum Gasteiger partial charge on any atom is 0.104 e. The van der Waals surface area contributed by atoms with Gasteiger partial charge in [0, 0.05) is 29.2 Å². The zero-order valence-corrected chi connectivity index (χ0v) is 11.7. The predicted molar refractivity (Wildman–Crippen MR) is 81.0 cm³/mol. The standard InChI is InChI=1S/C14H19N3S/c1-16(2)7-3-8-17-9-6-11-10-12(14(15)18)4-5-13(11)17/h4-6,9-10H,3,7-8H2,1-2H3,(H2,15,18). The minimum Gasteiger partial charge on any atom is -0.389 e. The largest absolute Gasteiger partial charge is 0.389 e. The van der Waals surface area contributed by atoms with Crippen molar-refractivity contribution < 1.29 is 0 Å². The summed E-state index contributed by atoms with van der Waals surface area (Å²) in [6, 6.07) is 8.26. The van der Waals surface area contributed by atoms with Gasteiger partial charge in [-0.3, -0.25) is 0 Å². The minimum atomic E-state index is 0.456. The van der Waals surface area contributed by atoms with Gasteiger partial charge in [-0.2, -0.15) is 0 Å². The number of rotatable bonds is 5. The van der Waals surface area contributed by atoms with E-state index in [1.54, 1.807) is 0 Å². The zero-order valence-electron chi connectivity index (χ0n) is 10.9. The Morgan fingerprint density at radius 1 is 1.33 bits per heavy atom. The Kier molecular flexibility index (Phi) is 3.99. The van der Waals surface area contributed by atoms with E-state index in [1.165, 1.54) is 10.9 Å². The van der Waals surface area contributed by atoms with Gasteiger partial charge in [-0.05, 0) is 51.3 Å². The van der Waals surface area contributed by atoms with Gasteiger partial charge >= 0.3 is 0 Å². The molecular formula is C14H19N3S. The molecule has 0 aliphatic rings. The lowest BCUT2D eigenvalue weighted by molar-refractivity contribution is 0.388. The number of hydrogen-bond acceptors (Lipinski definition) is 2. The molecule has 4 heteroatoms. The first-order valence-corrected chi connectivity index (χ1v) is 6.52. The number of nitrogens with two attached hydrogens (primary N) is 1. The van der Waals surface area contributed by atoms with Crippen LogP contribution in [0.1, 0.15) is 12.0 Å². The molecule has 96 valence electrons. The molecule has 0 atom stereocenters. The molecule has 0 amide bonds. The van der Waals surface area contributed by atoms with Crippen molar-refractivity contribution in [2.24, 2.45) is 5.73 Å². The van der Waals surface area contributed by atoms with E-state index in [0.29, 0.717) is 4.99 Å². The second-order valence-corrected chi connectivity index (χ2v) is 5.24. The van der Waals surface area contributed by atoms with E-state index in [-0.39, 0.29) is 0 Å². The van der Waals surface area contributed by atoms with Gasteiger partial charge in [0.2, 0.25) is 0 Å². The number of fused-ring (bicyclic) bond motifs is 1. The van der Waals surface area contributed by atoms with E-state index < -0.39 is 0 Å². The smallest absolute Gasteiger partial charge is 0.104 e. The molecule has 2 aromatic rings. The number of nitrogens with zero attached hydrogens (tertiary/aromatic N) is 2. The first-order valence-electron chi connectivity index (χ1n) is 6.11. The lowest BCUT2D eigenvalue weighted by Gasteiger charge is -2.10. The van der Waals surface area contributed by atoms with E-state index in [2.05, 4.69) is 48.0 Å². The van der Waals surface area contributed by atoms with E-state index >= 15 is 0 Å². The van der Waals surface area contributed by atoms with Crippen molar-refractivity contribution >= 4 is 28.1 Å². The van der Waals surface area contributed by atoms with Gasteiger partial charge in [0.25, 0.3) is 0 Å². The summed E-state index contributed by atoms with van der Waals surface area (Å²) < 4.78 is 2.28. The maximum atomic E-state index is 5.64. The summed E-state index contributed by atoms with van der Waals surface area (Å²) in [6.45, 7) is 2.14. The third kappa shape index (κ3) is 2.89. The van der Waals surface area contributed by atoms with Gasteiger partial charge in [-0.25, -0.2) is 0 Å². The Morgan fingerprint density at radius 3 is 2.78 bits per heavy atom. The van der Waals surface area contributed by atoms with Crippen LogP contribution in [0.15, 0.2) is 30.5 Å². The van der Waals surface area contributed by atoms with Crippen LogP contribution in [0.3, 0.4) is 0 Å². The van der Waals surface area contributed by atoms with Gasteiger partial charge in [0.05, 0.1) is 0 Å². The van der Waals surface area contributed by atoms with Crippen LogP contribution in [-0.4, -0.2) is 35.1 Å². The Labute approximate surface area is 113 Å². The lowest BCUT2D eigenvalue weighted by Crippen LogP contribution is -2.14. The Hall–Kier alpha value is -1.39. The van der Waals surface area contributed by atoms with Gasteiger partial charge in [-0.15, -0.1) is 0 Å². The highest BCUT2D eigenvalue weighted by molar-refractivity contribution is 7.80. The lowest BCUT2D eigenvalue weighted by atomic mass is 10.1. The van der Waals surface area contributed by atoms with Gasteiger partial charge in [0.15, 0.2) is 0 Å². The molecule has 0 saturated heterocycles. The minimum absolute atomic E-state index is 0.456. The van der Waals surface area contributed by atoms with Crippen molar-refractivity contribution in [2.75, 3.05) is 20.6 Å². The highest BCUT2D eigenvalue weighted by Crippen LogP contribution is 2.18. The van der Waals surface area contributed by atoms with Crippen LogP contribution >= 0.6 is 12.2 Å². The Balaban J connectivity index is 2.18. The molecule has 0 aliphatic carbocycles. The SMILES string of the molecule is CN(C)CCCn1ccc2cc(C(N)=S)ccc21. The Morgan fingerprint density at radius 2 is 2.11 bits per heavy atom. The molecule has 2 N–H and O–H groups in total. The third-order valence-electron chi connectivity index (χ3n) is 3.06. The summed E-state index contributed by atoms with van der Waals surface area (Å²) >= 11 is 5.00. The average molecular weight is 261 g/mol. The van der Waals surface area contributed by atoms with Crippen molar-refractivity contribution in [3.8, 4) is 0 Å². The van der Waals surface area contributed by atoms with E-state index in [4.69, 9.17) is 18.0 Å². The third-order valence-corrected chi connectivity index (χ3v) is 3.30. The molecule has 0 saturated carbocycles. The zero-order chi connectivity index (χ0) is 13.1. The molecular weight excluding hydrogens is 242 g/mol. The first kappa shape index (κ1) is 13.1. The molecule has 18 heavy (non-hydrogen) atoms. The Bertz CT molecular complexity index is 557. The highest BCUT2D eigenvalue weighted by Gasteiger charge is 2.03. The summed E-state index contributed by atoms with van der Waals surface area (Å²) in [5, 5.41) is 1.20. The van der Waals surface area contributed by atoms with Gasteiger partial charge in [0.1, 0.15) is 4.99 Å². The molecule has 0 spiro atoms. The molecule has 1 aromatic carbocycles.